The molecule has 0 saturated carbocycles. The molecule has 174 valence electrons. The normalized spacial score (nSPS) is 17.9. The second kappa shape index (κ2) is 12.5. The molecule has 2 N–H and O–H groups in total. The molecular weight excluding hydrogens is 493 g/mol. The molecule has 1 aliphatic heterocycles. The van der Waals surface area contributed by atoms with Gasteiger partial charge < -0.3 is 34.5 Å². The molecule has 0 unspecified atom stereocenters. The number of hydrogen-bond donors (Lipinski definition) is 2. The molecule has 1 saturated heterocycles. The van der Waals surface area contributed by atoms with Crippen LogP contribution in [0.15, 0.2) is 40.7 Å². The van der Waals surface area contributed by atoms with Gasteiger partial charge in [0.1, 0.15) is 26.2 Å². The molecule has 1 fully saturated rings. The molecule has 2 aromatic heterocycles. The zero-order valence-corrected chi connectivity index (χ0v) is 20.7. The van der Waals surface area contributed by atoms with Crippen molar-refractivity contribution >= 4 is 44.8 Å². The van der Waals surface area contributed by atoms with Crippen molar-refractivity contribution in [2.75, 3.05) is 45.6 Å². The van der Waals surface area contributed by atoms with E-state index in [0.717, 1.165) is 59.7 Å². The number of ether oxygens (including phenoxy) is 1. The molecule has 1 aromatic carbocycles. The first-order valence-corrected chi connectivity index (χ1v) is 11.8. The molecule has 0 spiro atoms. The highest BCUT2D eigenvalue weighted by Crippen LogP contribution is 2.29. The Balaban J connectivity index is 0.00000181. The summed E-state index contributed by atoms with van der Waals surface area (Å²) in [5, 5.41) is 11.4. The lowest BCUT2D eigenvalue weighted by molar-refractivity contribution is -0.987. The highest BCUT2D eigenvalue weighted by atomic mass is 35.5. The van der Waals surface area contributed by atoms with Crippen LogP contribution < -0.4 is 39.4 Å². The van der Waals surface area contributed by atoms with Crippen molar-refractivity contribution in [3.63, 3.8) is 0 Å². The number of nitro groups is 1. The highest BCUT2D eigenvalue weighted by molar-refractivity contribution is 8.01. The lowest BCUT2D eigenvalue weighted by Gasteiger charge is -2.28. The van der Waals surface area contributed by atoms with Crippen LogP contribution in [0, 0.1) is 10.1 Å². The summed E-state index contributed by atoms with van der Waals surface area (Å²) in [4.78, 5) is 22.7. The Morgan fingerprint density at radius 1 is 1.12 bits per heavy atom. The van der Waals surface area contributed by atoms with Gasteiger partial charge in [-0.3, -0.25) is 15.0 Å². The SMILES string of the molecule is COc1ccc([N+](=O)[O-])c([NH+]2CC[NH+](CCCSc3nc4ccccc4s3)CC2)n1.[Cl-].[Cl-]. The fourth-order valence-corrected chi connectivity index (χ4v) is 5.82. The molecule has 3 aromatic rings. The Morgan fingerprint density at radius 3 is 2.56 bits per heavy atom. The minimum Gasteiger partial charge on any atom is -1.00 e. The van der Waals surface area contributed by atoms with Crippen molar-refractivity contribution in [2.45, 2.75) is 10.8 Å². The molecule has 3 heterocycles. The maximum Gasteiger partial charge on any atom is 0.350 e. The molecule has 0 amide bonds. The lowest BCUT2D eigenvalue weighted by atomic mass is 10.2. The minimum absolute atomic E-state index is 0. The van der Waals surface area contributed by atoms with E-state index in [0.29, 0.717) is 11.7 Å². The summed E-state index contributed by atoms with van der Waals surface area (Å²) in [5.41, 5.74) is 1.15. The lowest BCUT2D eigenvalue weighted by Crippen LogP contribution is -3.26. The van der Waals surface area contributed by atoms with E-state index in [1.807, 2.05) is 17.8 Å². The van der Waals surface area contributed by atoms with E-state index in [1.54, 1.807) is 22.3 Å². The van der Waals surface area contributed by atoms with Gasteiger partial charge in [0.25, 0.3) is 0 Å². The minimum atomic E-state index is -0.354. The third-order valence-corrected chi connectivity index (χ3v) is 7.59. The number of para-hydroxylation sites is 1. The molecule has 4 rings (SSSR count). The fourth-order valence-electron chi connectivity index (χ4n) is 3.74. The maximum absolute atomic E-state index is 11.4. The maximum atomic E-state index is 11.4. The zero-order valence-electron chi connectivity index (χ0n) is 17.6. The van der Waals surface area contributed by atoms with Crippen LogP contribution in [0.25, 0.3) is 10.2 Å². The highest BCUT2D eigenvalue weighted by Gasteiger charge is 2.32. The summed E-state index contributed by atoms with van der Waals surface area (Å²) in [6.07, 6.45) is 1.13. The third kappa shape index (κ3) is 6.43. The Morgan fingerprint density at radius 2 is 1.88 bits per heavy atom. The summed E-state index contributed by atoms with van der Waals surface area (Å²) in [6.45, 7) is 4.75. The van der Waals surface area contributed by atoms with E-state index < -0.39 is 0 Å². The Labute approximate surface area is 207 Å². The average molecular weight is 518 g/mol. The van der Waals surface area contributed by atoms with Gasteiger partial charge in [-0.15, -0.1) is 11.3 Å². The number of benzene rings is 1. The van der Waals surface area contributed by atoms with E-state index in [2.05, 4.69) is 28.2 Å². The van der Waals surface area contributed by atoms with Crippen LogP contribution in [0.5, 0.6) is 5.88 Å². The van der Waals surface area contributed by atoms with E-state index in [1.165, 1.54) is 17.9 Å². The van der Waals surface area contributed by atoms with Gasteiger partial charge in [0.2, 0.25) is 5.88 Å². The molecule has 8 nitrogen and oxygen atoms in total. The summed E-state index contributed by atoms with van der Waals surface area (Å²) in [7, 11) is 1.53. The van der Waals surface area contributed by atoms with Crippen molar-refractivity contribution in [3.8, 4) is 5.88 Å². The second-order valence-corrected chi connectivity index (χ2v) is 9.60. The molecule has 0 bridgehead atoms. The summed E-state index contributed by atoms with van der Waals surface area (Å²) in [5.74, 6) is 1.97. The van der Waals surface area contributed by atoms with Gasteiger partial charge in [-0.05, 0) is 12.1 Å². The Bertz CT molecular complexity index is 998. The third-order valence-electron chi connectivity index (χ3n) is 5.32. The first kappa shape index (κ1) is 26.6. The monoisotopic (exact) mass is 517 g/mol. The number of rotatable bonds is 8. The van der Waals surface area contributed by atoms with Crippen molar-refractivity contribution in [3.05, 3.63) is 46.5 Å². The van der Waals surface area contributed by atoms with Gasteiger partial charge in [0.15, 0.2) is 4.34 Å². The van der Waals surface area contributed by atoms with Gasteiger partial charge in [-0.25, -0.2) is 4.98 Å². The molecule has 0 aliphatic carbocycles. The van der Waals surface area contributed by atoms with Crippen LogP contribution in [0.4, 0.5) is 11.5 Å². The number of hydrogen-bond acceptors (Lipinski definition) is 7. The number of pyridine rings is 1. The van der Waals surface area contributed by atoms with Crippen LogP contribution in [0.3, 0.4) is 0 Å². The molecule has 0 atom stereocenters. The van der Waals surface area contributed by atoms with Gasteiger partial charge >= 0.3 is 11.5 Å². The number of fused-ring (bicyclic) bond motifs is 1. The van der Waals surface area contributed by atoms with Crippen molar-refractivity contribution < 1.29 is 44.3 Å². The predicted octanol–water partition coefficient (Wildman–Crippen LogP) is -4.79. The van der Waals surface area contributed by atoms with E-state index in [4.69, 9.17) is 4.74 Å². The Kier molecular flexibility index (Phi) is 10.4. The van der Waals surface area contributed by atoms with Crippen molar-refractivity contribution in [1.82, 2.24) is 9.97 Å². The first-order valence-electron chi connectivity index (χ1n) is 10.0. The Hall–Kier alpha value is -1.69. The van der Waals surface area contributed by atoms with Crippen molar-refractivity contribution in [2.24, 2.45) is 0 Å². The predicted molar refractivity (Wildman–Crippen MR) is 118 cm³/mol. The van der Waals surface area contributed by atoms with Crippen LogP contribution in [0.1, 0.15) is 6.42 Å². The summed E-state index contributed by atoms with van der Waals surface area (Å²) < 4.78 is 7.54. The molecular formula is C20H25Cl2N5O3S2. The molecule has 0 radical (unpaired) electrons. The quantitative estimate of drug-likeness (QED) is 0.135. The van der Waals surface area contributed by atoms with Crippen LogP contribution in [-0.2, 0) is 0 Å². The van der Waals surface area contributed by atoms with E-state index >= 15 is 0 Å². The van der Waals surface area contributed by atoms with E-state index in [9.17, 15) is 10.1 Å². The molecule has 1 aliphatic rings. The number of nitrogens with zero attached hydrogens (tertiary/aromatic N) is 3. The number of methoxy groups -OCH3 is 1. The van der Waals surface area contributed by atoms with Gasteiger partial charge in [-0.1, -0.05) is 23.9 Å². The van der Waals surface area contributed by atoms with Gasteiger partial charge in [0.05, 0.1) is 28.8 Å². The standard InChI is InChI=1S/C20H23N5O3S2.2ClH/c1-28-18-8-7-16(25(26)27)19(22-18)24-12-10-23(11-13-24)9-4-14-29-20-21-15-5-2-3-6-17(15)30-20;;/h2-3,5-8H,4,9-14H2,1H3;2*1H. The number of piperazine rings is 1. The average Bonchev–Trinajstić information content (AvgIpc) is 3.19. The first-order chi connectivity index (χ1) is 14.6. The molecule has 32 heavy (non-hydrogen) atoms. The number of thioether (sulfide) groups is 1. The summed E-state index contributed by atoms with van der Waals surface area (Å²) in [6, 6.07) is 11.3. The number of nitrogens with one attached hydrogen (secondary N) is 2. The largest absolute Gasteiger partial charge is 1.00 e. The van der Waals surface area contributed by atoms with Crippen molar-refractivity contribution in [1.29, 1.82) is 0 Å². The number of aromatic nitrogens is 2. The van der Waals surface area contributed by atoms with E-state index in [-0.39, 0.29) is 35.4 Å². The second-order valence-electron chi connectivity index (χ2n) is 7.23. The zero-order chi connectivity index (χ0) is 20.9. The van der Waals surface area contributed by atoms with Gasteiger partial charge in [0, 0.05) is 24.3 Å². The molecule has 12 heteroatoms. The summed E-state index contributed by atoms with van der Waals surface area (Å²) >= 11 is 3.59. The fraction of sp³-hybridized carbons (Fsp3) is 0.400. The van der Waals surface area contributed by atoms with Crippen LogP contribution >= 0.6 is 23.1 Å². The number of thiazole rings is 1. The van der Waals surface area contributed by atoms with Crippen LogP contribution in [0.2, 0.25) is 0 Å². The topological polar surface area (TPSA) is 87.0 Å². The van der Waals surface area contributed by atoms with Gasteiger partial charge in [-0.2, -0.15) is 4.98 Å². The van der Waals surface area contributed by atoms with Crippen LogP contribution in [-0.4, -0.2) is 60.5 Å². The smallest absolute Gasteiger partial charge is 0.350 e. The number of quaternary nitrogens is 2. The number of halogens is 2.